The molecular weight excluding hydrogens is 222 g/mol. The van der Waals surface area contributed by atoms with Gasteiger partial charge in [-0.3, -0.25) is 4.98 Å². The smallest absolute Gasteiger partial charge is 0.131 e. The van der Waals surface area contributed by atoms with Crippen molar-refractivity contribution >= 4 is 28.8 Å². The lowest BCUT2D eigenvalue weighted by Crippen LogP contribution is -2.20. The van der Waals surface area contributed by atoms with Crippen molar-refractivity contribution in [3.8, 4) is 0 Å². The SMILES string of the molecule is CC(C)(C=O)c1cc(Cl)c2ccccc2n1. The summed E-state index contributed by atoms with van der Waals surface area (Å²) in [4.78, 5) is 15.5. The zero-order chi connectivity index (χ0) is 11.8. The van der Waals surface area contributed by atoms with Crippen molar-refractivity contribution < 1.29 is 4.79 Å². The van der Waals surface area contributed by atoms with Gasteiger partial charge in [-0.05, 0) is 26.0 Å². The van der Waals surface area contributed by atoms with Crippen LogP contribution in [0, 0.1) is 0 Å². The fourth-order valence-corrected chi connectivity index (χ4v) is 1.79. The van der Waals surface area contributed by atoms with Crippen molar-refractivity contribution in [2.75, 3.05) is 0 Å². The number of carbonyl (C=O) groups is 1. The maximum absolute atomic E-state index is 11.0. The number of halogens is 1. The van der Waals surface area contributed by atoms with E-state index >= 15 is 0 Å². The van der Waals surface area contributed by atoms with Gasteiger partial charge in [-0.1, -0.05) is 29.8 Å². The standard InChI is InChI=1S/C13H12ClNO/c1-13(2,8-16)12-7-10(14)9-5-3-4-6-11(9)15-12/h3-8H,1-2H3. The fourth-order valence-electron chi connectivity index (χ4n) is 1.52. The van der Waals surface area contributed by atoms with Gasteiger partial charge in [0.2, 0.25) is 0 Å². The molecule has 0 atom stereocenters. The Morgan fingerprint density at radius 1 is 1.31 bits per heavy atom. The number of aromatic nitrogens is 1. The molecule has 0 aliphatic heterocycles. The first kappa shape index (κ1) is 11.1. The fraction of sp³-hybridized carbons (Fsp3) is 0.231. The molecule has 0 radical (unpaired) electrons. The minimum Gasteiger partial charge on any atom is -0.302 e. The van der Waals surface area contributed by atoms with E-state index in [2.05, 4.69) is 4.98 Å². The van der Waals surface area contributed by atoms with Crippen LogP contribution < -0.4 is 0 Å². The van der Waals surface area contributed by atoms with Gasteiger partial charge < -0.3 is 4.79 Å². The predicted octanol–water partition coefficient (Wildman–Crippen LogP) is 3.36. The number of carbonyl (C=O) groups excluding carboxylic acids is 1. The van der Waals surface area contributed by atoms with E-state index in [0.717, 1.165) is 17.2 Å². The average Bonchev–Trinajstić information content (AvgIpc) is 2.29. The Kier molecular flexibility index (Phi) is 2.68. The summed E-state index contributed by atoms with van der Waals surface area (Å²) >= 11 is 6.17. The zero-order valence-electron chi connectivity index (χ0n) is 9.20. The number of nitrogens with zero attached hydrogens (tertiary/aromatic N) is 1. The van der Waals surface area contributed by atoms with E-state index in [1.54, 1.807) is 6.07 Å². The van der Waals surface area contributed by atoms with Gasteiger partial charge in [0.1, 0.15) is 6.29 Å². The monoisotopic (exact) mass is 233 g/mol. The molecule has 3 heteroatoms. The Hall–Kier alpha value is -1.41. The van der Waals surface area contributed by atoms with E-state index in [1.807, 2.05) is 38.1 Å². The first-order chi connectivity index (χ1) is 7.54. The molecule has 0 saturated heterocycles. The molecular formula is C13H12ClNO. The summed E-state index contributed by atoms with van der Waals surface area (Å²) in [6, 6.07) is 9.40. The van der Waals surface area contributed by atoms with Crippen LogP contribution in [0.2, 0.25) is 5.02 Å². The molecule has 16 heavy (non-hydrogen) atoms. The molecule has 2 rings (SSSR count). The summed E-state index contributed by atoms with van der Waals surface area (Å²) in [5, 5.41) is 1.55. The van der Waals surface area contributed by atoms with Gasteiger partial charge in [-0.2, -0.15) is 0 Å². The highest BCUT2D eigenvalue weighted by Crippen LogP contribution is 2.27. The van der Waals surface area contributed by atoms with E-state index in [4.69, 9.17) is 11.6 Å². The number of rotatable bonds is 2. The maximum Gasteiger partial charge on any atom is 0.131 e. The van der Waals surface area contributed by atoms with Crippen molar-refractivity contribution in [2.45, 2.75) is 19.3 Å². The van der Waals surface area contributed by atoms with Crippen LogP contribution in [0.15, 0.2) is 30.3 Å². The Morgan fingerprint density at radius 2 is 2.00 bits per heavy atom. The van der Waals surface area contributed by atoms with Crippen molar-refractivity contribution in [1.82, 2.24) is 4.98 Å². The number of para-hydroxylation sites is 1. The molecule has 1 heterocycles. The number of hydrogen-bond acceptors (Lipinski definition) is 2. The van der Waals surface area contributed by atoms with Crippen LogP contribution in [0.5, 0.6) is 0 Å². The summed E-state index contributed by atoms with van der Waals surface area (Å²) in [6.07, 6.45) is 0.889. The van der Waals surface area contributed by atoms with E-state index in [0.29, 0.717) is 10.7 Å². The van der Waals surface area contributed by atoms with Gasteiger partial charge in [-0.15, -0.1) is 0 Å². The van der Waals surface area contributed by atoms with Crippen molar-refractivity contribution in [2.24, 2.45) is 0 Å². The van der Waals surface area contributed by atoms with Gasteiger partial charge in [0.25, 0.3) is 0 Å². The highest BCUT2D eigenvalue weighted by molar-refractivity contribution is 6.35. The largest absolute Gasteiger partial charge is 0.302 e. The second-order valence-corrected chi connectivity index (χ2v) is 4.75. The number of pyridine rings is 1. The molecule has 2 aromatic rings. The molecule has 2 nitrogen and oxygen atoms in total. The Labute approximate surface area is 99.3 Å². The van der Waals surface area contributed by atoms with E-state index < -0.39 is 5.41 Å². The molecule has 1 aromatic carbocycles. The normalized spacial score (nSPS) is 11.7. The van der Waals surface area contributed by atoms with Gasteiger partial charge in [0.05, 0.1) is 21.6 Å². The topological polar surface area (TPSA) is 30.0 Å². The lowest BCUT2D eigenvalue weighted by molar-refractivity contribution is -0.111. The van der Waals surface area contributed by atoms with Crippen LogP contribution in [-0.4, -0.2) is 11.3 Å². The third-order valence-electron chi connectivity index (χ3n) is 2.62. The van der Waals surface area contributed by atoms with Gasteiger partial charge in [0, 0.05) is 5.39 Å². The van der Waals surface area contributed by atoms with Crippen LogP contribution >= 0.6 is 11.6 Å². The van der Waals surface area contributed by atoms with E-state index in [9.17, 15) is 4.79 Å². The Balaban J connectivity index is 2.71. The molecule has 0 unspecified atom stereocenters. The summed E-state index contributed by atoms with van der Waals surface area (Å²) in [6.45, 7) is 3.65. The number of hydrogen-bond donors (Lipinski definition) is 0. The summed E-state index contributed by atoms with van der Waals surface area (Å²) < 4.78 is 0. The van der Waals surface area contributed by atoms with Crippen LogP contribution in [0.4, 0.5) is 0 Å². The molecule has 0 spiro atoms. The van der Waals surface area contributed by atoms with Crippen molar-refractivity contribution in [3.05, 3.63) is 41.0 Å². The Bertz CT molecular complexity index is 549. The summed E-state index contributed by atoms with van der Waals surface area (Å²) in [7, 11) is 0. The third kappa shape index (κ3) is 1.81. The van der Waals surface area contributed by atoms with E-state index in [-0.39, 0.29) is 0 Å². The first-order valence-corrected chi connectivity index (χ1v) is 5.44. The zero-order valence-corrected chi connectivity index (χ0v) is 9.95. The highest BCUT2D eigenvalue weighted by atomic mass is 35.5. The molecule has 0 amide bonds. The quantitative estimate of drug-likeness (QED) is 0.745. The minimum absolute atomic E-state index is 0.604. The first-order valence-electron chi connectivity index (χ1n) is 5.07. The molecule has 0 N–H and O–H groups in total. The number of fused-ring (bicyclic) bond motifs is 1. The predicted molar refractivity (Wildman–Crippen MR) is 65.8 cm³/mol. The maximum atomic E-state index is 11.0. The lowest BCUT2D eigenvalue weighted by atomic mass is 9.90. The number of benzene rings is 1. The second kappa shape index (κ2) is 3.87. The summed E-state index contributed by atoms with van der Waals surface area (Å²) in [5.41, 5.74) is 0.916. The Morgan fingerprint density at radius 3 is 2.69 bits per heavy atom. The molecule has 0 bridgehead atoms. The van der Waals surface area contributed by atoms with Crippen LogP contribution in [0.1, 0.15) is 19.5 Å². The van der Waals surface area contributed by atoms with Crippen LogP contribution in [-0.2, 0) is 10.2 Å². The van der Waals surface area contributed by atoms with Gasteiger partial charge in [-0.25, -0.2) is 0 Å². The molecule has 0 saturated carbocycles. The highest BCUT2D eigenvalue weighted by Gasteiger charge is 2.22. The van der Waals surface area contributed by atoms with Crippen molar-refractivity contribution in [3.63, 3.8) is 0 Å². The molecule has 0 aliphatic rings. The van der Waals surface area contributed by atoms with E-state index in [1.165, 1.54) is 0 Å². The molecule has 82 valence electrons. The van der Waals surface area contributed by atoms with Crippen LogP contribution in [0.3, 0.4) is 0 Å². The molecule has 0 fully saturated rings. The third-order valence-corrected chi connectivity index (χ3v) is 2.93. The summed E-state index contributed by atoms with van der Waals surface area (Å²) in [5.74, 6) is 0. The molecule has 0 aliphatic carbocycles. The van der Waals surface area contributed by atoms with Crippen LogP contribution in [0.25, 0.3) is 10.9 Å². The number of aldehydes is 1. The van der Waals surface area contributed by atoms with Gasteiger partial charge >= 0.3 is 0 Å². The molecule has 1 aromatic heterocycles. The second-order valence-electron chi connectivity index (χ2n) is 4.35. The average molecular weight is 234 g/mol. The minimum atomic E-state index is -0.604. The van der Waals surface area contributed by atoms with Crippen molar-refractivity contribution in [1.29, 1.82) is 0 Å². The lowest BCUT2D eigenvalue weighted by Gasteiger charge is -2.17. The van der Waals surface area contributed by atoms with Gasteiger partial charge in [0.15, 0.2) is 0 Å².